The van der Waals surface area contributed by atoms with Gasteiger partial charge >= 0.3 is 0 Å². The van der Waals surface area contributed by atoms with Crippen LogP contribution in [0.2, 0.25) is 0 Å². The monoisotopic (exact) mass is 628 g/mol. The molecule has 2 aromatic rings. The van der Waals surface area contributed by atoms with Crippen LogP contribution in [0.4, 0.5) is 10.2 Å². The Kier molecular flexibility index (Phi) is 10.1. The van der Waals surface area contributed by atoms with Crippen molar-refractivity contribution in [2.75, 3.05) is 49.9 Å². The van der Waals surface area contributed by atoms with Crippen LogP contribution in [0.5, 0.6) is 11.5 Å². The normalized spacial score (nSPS) is 19.7. The van der Waals surface area contributed by atoms with Gasteiger partial charge in [0.2, 0.25) is 10.0 Å². The lowest BCUT2D eigenvalue weighted by Gasteiger charge is -2.54. The summed E-state index contributed by atoms with van der Waals surface area (Å²) in [5.41, 5.74) is 0.403. The lowest BCUT2D eigenvalue weighted by molar-refractivity contribution is 0.0713. The molecule has 1 spiro atoms. The maximum Gasteiger partial charge on any atom is 0.257 e. The zero-order valence-electron chi connectivity index (χ0n) is 26.3. The fraction of sp³-hybridized carbons (Fsp3) is 0.594. The first-order valence-corrected chi connectivity index (χ1v) is 17.4. The predicted octanol–water partition coefficient (Wildman–Crippen LogP) is 4.80. The number of piperidine rings is 1. The van der Waals surface area contributed by atoms with Crippen molar-refractivity contribution in [1.82, 2.24) is 24.5 Å². The molecular formula is C32H45FN6O4S. The molecule has 1 saturated carbocycles. The average Bonchev–Trinajstić information content (AvgIpc) is 2.99. The summed E-state index contributed by atoms with van der Waals surface area (Å²) in [5.74, 6) is 2.24. The minimum Gasteiger partial charge on any atom is -0.451 e. The summed E-state index contributed by atoms with van der Waals surface area (Å²) in [7, 11) is -3.19. The fourth-order valence-corrected chi connectivity index (χ4v) is 7.37. The molecule has 0 atom stereocenters. The van der Waals surface area contributed by atoms with E-state index in [9.17, 15) is 17.6 Å². The Morgan fingerprint density at radius 3 is 2.45 bits per heavy atom. The maximum atomic E-state index is 14.2. The molecular weight excluding hydrogens is 583 g/mol. The van der Waals surface area contributed by atoms with Crippen LogP contribution in [-0.2, 0) is 10.0 Å². The zero-order chi connectivity index (χ0) is 31.5. The van der Waals surface area contributed by atoms with E-state index >= 15 is 0 Å². The number of sulfonamides is 1. The van der Waals surface area contributed by atoms with Crippen molar-refractivity contribution < 1.29 is 22.3 Å². The van der Waals surface area contributed by atoms with Gasteiger partial charge < -0.3 is 19.4 Å². The number of aromatic nitrogens is 2. The number of hydrogen-bond donors (Lipinski definition) is 1. The molecule has 1 N–H and O–H groups in total. The van der Waals surface area contributed by atoms with Crippen LogP contribution >= 0.6 is 0 Å². The van der Waals surface area contributed by atoms with Crippen molar-refractivity contribution in [1.29, 1.82) is 0 Å². The van der Waals surface area contributed by atoms with E-state index in [4.69, 9.17) is 4.74 Å². The van der Waals surface area contributed by atoms with E-state index in [1.165, 1.54) is 30.4 Å². The van der Waals surface area contributed by atoms with Crippen LogP contribution in [0, 0.1) is 23.2 Å². The summed E-state index contributed by atoms with van der Waals surface area (Å²) < 4.78 is 47.0. The molecule has 3 heterocycles. The van der Waals surface area contributed by atoms with Gasteiger partial charge in [0, 0.05) is 37.6 Å². The Hall–Kier alpha value is -2.83. The summed E-state index contributed by atoms with van der Waals surface area (Å²) in [6, 6.07) is 4.92. The number of halogens is 1. The topological polar surface area (TPSA) is 108 Å². The molecule has 1 amide bonds. The largest absolute Gasteiger partial charge is 0.451 e. The highest BCUT2D eigenvalue weighted by molar-refractivity contribution is 7.89. The highest BCUT2D eigenvalue weighted by Gasteiger charge is 2.46. The molecule has 44 heavy (non-hydrogen) atoms. The first-order valence-electron chi connectivity index (χ1n) is 15.8. The summed E-state index contributed by atoms with van der Waals surface area (Å²) in [6.45, 7) is 12.7. The molecule has 1 aliphatic carbocycles. The molecule has 240 valence electrons. The van der Waals surface area contributed by atoms with Gasteiger partial charge in [0.25, 0.3) is 5.91 Å². The second-order valence-corrected chi connectivity index (χ2v) is 14.6. The van der Waals surface area contributed by atoms with Gasteiger partial charge in [0.15, 0.2) is 11.6 Å². The van der Waals surface area contributed by atoms with Gasteiger partial charge in [0.1, 0.15) is 17.9 Å². The van der Waals surface area contributed by atoms with Crippen molar-refractivity contribution in [3.63, 3.8) is 0 Å². The SMILES string of the molecule is CCN(C(=O)c1cc(F)ccc1Oc1cncnc1N1CC2(CCN(C[C]3CC[C](NS(=O)(=O)CC)CC3)CC2)C1)C(C)C. The molecule has 3 aliphatic rings. The van der Waals surface area contributed by atoms with Gasteiger partial charge in [-0.15, -0.1) is 0 Å². The van der Waals surface area contributed by atoms with Crippen molar-refractivity contribution in [2.45, 2.75) is 72.3 Å². The van der Waals surface area contributed by atoms with E-state index in [1.54, 1.807) is 18.0 Å². The summed E-state index contributed by atoms with van der Waals surface area (Å²) >= 11 is 0. The predicted molar refractivity (Wildman–Crippen MR) is 168 cm³/mol. The van der Waals surface area contributed by atoms with Crippen molar-refractivity contribution in [3.8, 4) is 11.5 Å². The number of hydrogen-bond acceptors (Lipinski definition) is 8. The molecule has 2 saturated heterocycles. The van der Waals surface area contributed by atoms with Crippen LogP contribution in [0.15, 0.2) is 30.7 Å². The number of nitrogens with one attached hydrogen (secondary N) is 1. The number of rotatable bonds is 11. The second-order valence-electron chi connectivity index (χ2n) is 12.6. The molecule has 0 bridgehead atoms. The van der Waals surface area contributed by atoms with Gasteiger partial charge in [-0.05, 0) is 103 Å². The Labute approximate surface area is 261 Å². The van der Waals surface area contributed by atoms with Crippen LogP contribution in [-0.4, -0.2) is 85.2 Å². The zero-order valence-corrected chi connectivity index (χ0v) is 27.1. The van der Waals surface area contributed by atoms with Crippen LogP contribution in [0.3, 0.4) is 0 Å². The van der Waals surface area contributed by atoms with Gasteiger partial charge in [-0.1, -0.05) is 0 Å². The number of anilines is 1. The minimum atomic E-state index is -3.19. The van der Waals surface area contributed by atoms with E-state index in [0.29, 0.717) is 18.1 Å². The van der Waals surface area contributed by atoms with Crippen molar-refractivity contribution in [3.05, 3.63) is 54.1 Å². The average molecular weight is 629 g/mol. The molecule has 2 radical (unpaired) electrons. The lowest BCUT2D eigenvalue weighted by Crippen LogP contribution is -2.61. The number of benzene rings is 1. The molecule has 3 fully saturated rings. The van der Waals surface area contributed by atoms with E-state index < -0.39 is 15.8 Å². The third-order valence-electron chi connectivity index (χ3n) is 9.23. The fourth-order valence-electron chi connectivity index (χ4n) is 6.58. The Bertz CT molecular complexity index is 1400. The highest BCUT2D eigenvalue weighted by atomic mass is 32.2. The van der Waals surface area contributed by atoms with Crippen LogP contribution < -0.4 is 14.4 Å². The summed E-state index contributed by atoms with van der Waals surface area (Å²) in [5, 5.41) is 0. The number of likely N-dealkylation sites (tertiary alicyclic amines) is 1. The molecule has 12 heteroatoms. The van der Waals surface area contributed by atoms with Gasteiger partial charge in [-0.25, -0.2) is 27.5 Å². The number of nitrogens with zero attached hydrogens (tertiary/aromatic N) is 5. The standard InChI is InChI=1S/C32H45FN6O4S/c1-5-39(23(3)4)31(40)27-17-25(33)9-12-28(27)43-29-18-34-22-35-30(29)38-20-32(21-38)13-15-37(16-14-32)19-24-7-10-26(11-8-24)36-44(41,42)6-2/h9,12,17-18,22-23,36H,5-8,10-11,13-16,19-21H2,1-4H3. The Morgan fingerprint density at radius 1 is 1.11 bits per heavy atom. The smallest absolute Gasteiger partial charge is 0.257 e. The summed E-state index contributed by atoms with van der Waals surface area (Å²) in [6.07, 6.45) is 8.80. The first kappa shape index (κ1) is 32.6. The molecule has 1 aromatic carbocycles. The van der Waals surface area contributed by atoms with Gasteiger partial charge in [0.05, 0.1) is 23.6 Å². The van der Waals surface area contributed by atoms with E-state index in [2.05, 4.69) is 24.5 Å². The summed E-state index contributed by atoms with van der Waals surface area (Å²) in [4.78, 5) is 28.4. The van der Waals surface area contributed by atoms with E-state index in [1.807, 2.05) is 20.8 Å². The van der Waals surface area contributed by atoms with Crippen LogP contribution in [0.25, 0.3) is 0 Å². The second kappa shape index (κ2) is 13.7. The third-order valence-corrected chi connectivity index (χ3v) is 10.6. The van der Waals surface area contributed by atoms with Gasteiger partial charge in [-0.2, -0.15) is 0 Å². The van der Waals surface area contributed by atoms with Crippen molar-refractivity contribution in [2.24, 2.45) is 5.41 Å². The van der Waals surface area contributed by atoms with Gasteiger partial charge in [-0.3, -0.25) is 4.79 Å². The molecule has 1 aromatic heterocycles. The maximum absolute atomic E-state index is 14.2. The van der Waals surface area contributed by atoms with E-state index in [-0.39, 0.29) is 34.4 Å². The third kappa shape index (κ3) is 7.51. The molecule has 0 unspecified atom stereocenters. The van der Waals surface area contributed by atoms with Crippen molar-refractivity contribution >= 4 is 21.7 Å². The number of amides is 1. The minimum absolute atomic E-state index is 0.0375. The Morgan fingerprint density at radius 2 is 1.82 bits per heavy atom. The van der Waals surface area contributed by atoms with Crippen LogP contribution in [0.1, 0.15) is 76.6 Å². The molecule has 5 rings (SSSR count). The molecule has 10 nitrogen and oxygen atoms in total. The quantitative estimate of drug-likeness (QED) is 0.378. The number of carbonyl (C=O) groups excluding carboxylic acids is 1. The highest BCUT2D eigenvalue weighted by Crippen LogP contribution is 2.45. The number of carbonyl (C=O) groups is 1. The Balaban J connectivity index is 1.16. The number of ether oxygens (including phenoxy) is 1. The molecule has 2 aliphatic heterocycles. The first-order chi connectivity index (χ1) is 21.0. The lowest BCUT2D eigenvalue weighted by atomic mass is 9.71. The van der Waals surface area contributed by atoms with E-state index in [0.717, 1.165) is 77.3 Å².